The van der Waals surface area contributed by atoms with E-state index in [9.17, 15) is 40.9 Å². The summed E-state index contributed by atoms with van der Waals surface area (Å²) in [4.78, 5) is 0. The molecule has 0 aromatic rings. The maximum atomic E-state index is 12.7. The molecule has 8 N–H and O–H groups in total. The van der Waals surface area contributed by atoms with Crippen LogP contribution in [0.5, 0.6) is 0 Å². The Kier molecular flexibility index (Phi) is 10.0. The third kappa shape index (κ3) is 5.49. The number of aliphatic hydroxyl groups excluding tert-OH is 7. The number of rotatable bonds is 7. The molecule has 8 aliphatic rings. The van der Waals surface area contributed by atoms with Gasteiger partial charge in [-0.15, -0.1) is 0 Å². The largest absolute Gasteiger partial charge is 0.396 e. The Morgan fingerprint density at radius 2 is 1.52 bits per heavy atom. The fraction of sp³-hybridized carbons (Fsp3) is 0.947. The standard InChI is InChI=1S/C38H60O14/c1-18-37(11-6-19(14-39)17-47-37)52-27-13-24-22-5-4-20-12-21(7-9-35(20,2)23(22)8-10-36(24,3)38(18,27)46)48-33-31(45)29(43)32(26(16-41)50-33)51-34-30(44)28(42)25(15-40)49-34/h4,18-19,21-34,39-46H,5-17H2,1-3H3. The molecule has 20 unspecified atom stereocenters. The van der Waals surface area contributed by atoms with E-state index in [1.54, 1.807) is 0 Å². The van der Waals surface area contributed by atoms with E-state index in [4.69, 9.17) is 28.4 Å². The van der Waals surface area contributed by atoms with Gasteiger partial charge in [0.1, 0.15) is 48.3 Å². The molecule has 14 nitrogen and oxygen atoms in total. The molecule has 296 valence electrons. The van der Waals surface area contributed by atoms with E-state index in [0.29, 0.717) is 37.2 Å². The van der Waals surface area contributed by atoms with Gasteiger partial charge in [0.15, 0.2) is 18.4 Å². The van der Waals surface area contributed by atoms with Crippen molar-refractivity contribution in [2.75, 3.05) is 26.4 Å². The zero-order valence-electron chi connectivity index (χ0n) is 30.5. The fourth-order valence-corrected chi connectivity index (χ4v) is 12.4. The summed E-state index contributed by atoms with van der Waals surface area (Å²) in [7, 11) is 0. The van der Waals surface area contributed by atoms with Gasteiger partial charge >= 0.3 is 0 Å². The van der Waals surface area contributed by atoms with E-state index in [2.05, 4.69) is 26.8 Å². The summed E-state index contributed by atoms with van der Waals surface area (Å²) >= 11 is 0. The minimum atomic E-state index is -1.55. The van der Waals surface area contributed by atoms with Crippen LogP contribution in [-0.4, -0.2) is 146 Å². The third-order valence-electron chi connectivity index (χ3n) is 15.6. The number of hydrogen-bond donors (Lipinski definition) is 8. The summed E-state index contributed by atoms with van der Waals surface area (Å²) in [5, 5.41) is 84.5. The summed E-state index contributed by atoms with van der Waals surface area (Å²) in [5.41, 5.74) is 0.00287. The molecule has 0 aromatic carbocycles. The number of fused-ring (bicyclic) bond motifs is 7. The molecule has 7 fully saturated rings. The van der Waals surface area contributed by atoms with Crippen molar-refractivity contribution in [1.82, 2.24) is 0 Å². The molecule has 0 aromatic heterocycles. The third-order valence-corrected chi connectivity index (χ3v) is 15.6. The molecule has 4 heterocycles. The number of allylic oxidation sites excluding steroid dienone is 1. The van der Waals surface area contributed by atoms with E-state index in [0.717, 1.165) is 44.9 Å². The van der Waals surface area contributed by atoms with Gasteiger partial charge in [-0.1, -0.05) is 32.4 Å². The zero-order chi connectivity index (χ0) is 37.0. The number of aliphatic hydroxyl groups is 8. The van der Waals surface area contributed by atoms with Crippen LogP contribution in [0.2, 0.25) is 0 Å². The van der Waals surface area contributed by atoms with Gasteiger partial charge < -0.3 is 69.3 Å². The van der Waals surface area contributed by atoms with Crippen molar-refractivity contribution in [2.45, 2.75) is 157 Å². The first-order valence-electron chi connectivity index (χ1n) is 19.6. The van der Waals surface area contributed by atoms with Gasteiger partial charge in [-0.3, -0.25) is 0 Å². The van der Waals surface area contributed by atoms with Crippen LogP contribution in [0, 0.1) is 40.4 Å². The lowest BCUT2D eigenvalue weighted by molar-refractivity contribution is -0.337. The molecule has 4 aliphatic heterocycles. The molecule has 0 bridgehead atoms. The fourth-order valence-electron chi connectivity index (χ4n) is 12.4. The molecule has 4 aliphatic carbocycles. The Morgan fingerprint density at radius 1 is 0.808 bits per heavy atom. The van der Waals surface area contributed by atoms with Crippen molar-refractivity contribution >= 4 is 0 Å². The lowest BCUT2D eigenvalue weighted by Crippen LogP contribution is -2.62. The van der Waals surface area contributed by atoms with E-state index < -0.39 is 79.9 Å². The molecule has 0 radical (unpaired) electrons. The molecule has 1 spiro atoms. The van der Waals surface area contributed by atoms with Crippen molar-refractivity contribution in [2.24, 2.45) is 40.4 Å². The van der Waals surface area contributed by atoms with Crippen LogP contribution in [0.25, 0.3) is 0 Å². The predicted octanol–water partition coefficient (Wildman–Crippen LogP) is 0.0887. The summed E-state index contributed by atoms with van der Waals surface area (Å²) in [5.74, 6) is 0.311. The summed E-state index contributed by atoms with van der Waals surface area (Å²) in [6.07, 6.45) is -2.92. The van der Waals surface area contributed by atoms with Crippen molar-refractivity contribution in [3.63, 3.8) is 0 Å². The van der Waals surface area contributed by atoms with Crippen LogP contribution in [0.15, 0.2) is 11.6 Å². The SMILES string of the molecule is CC1C2(CCC(CO)CO2)OC2CC3C4CC=C5CC(OC6OC(CO)C(OC7OC(CO)C(O)C7O)C(O)C6O)CCC5(C)C4CCC3(C)C21O. The lowest BCUT2D eigenvalue weighted by atomic mass is 9.46. The average molecular weight is 741 g/mol. The molecule has 52 heavy (non-hydrogen) atoms. The second-order valence-electron chi connectivity index (χ2n) is 17.8. The molecule has 3 saturated carbocycles. The van der Waals surface area contributed by atoms with Crippen molar-refractivity contribution in [3.05, 3.63) is 11.6 Å². The van der Waals surface area contributed by atoms with Gasteiger partial charge in [0.25, 0.3) is 0 Å². The van der Waals surface area contributed by atoms with Crippen LogP contribution in [0.1, 0.15) is 78.6 Å². The van der Waals surface area contributed by atoms with Gasteiger partial charge in [-0.25, -0.2) is 0 Å². The van der Waals surface area contributed by atoms with Gasteiger partial charge in [0.2, 0.25) is 0 Å². The van der Waals surface area contributed by atoms with Crippen molar-refractivity contribution in [3.8, 4) is 0 Å². The Hall–Kier alpha value is -0.820. The van der Waals surface area contributed by atoms with Gasteiger partial charge in [-0.2, -0.15) is 0 Å². The van der Waals surface area contributed by atoms with Crippen LogP contribution >= 0.6 is 0 Å². The smallest absolute Gasteiger partial charge is 0.187 e. The van der Waals surface area contributed by atoms with Crippen LogP contribution in [0.3, 0.4) is 0 Å². The minimum Gasteiger partial charge on any atom is -0.396 e. The predicted molar refractivity (Wildman–Crippen MR) is 180 cm³/mol. The highest BCUT2D eigenvalue weighted by Gasteiger charge is 2.76. The average Bonchev–Trinajstić information content (AvgIpc) is 3.63. The maximum Gasteiger partial charge on any atom is 0.187 e. The minimum absolute atomic E-state index is 0.0405. The van der Waals surface area contributed by atoms with Crippen LogP contribution in [-0.2, 0) is 28.4 Å². The molecular formula is C38H60O14. The van der Waals surface area contributed by atoms with Gasteiger partial charge in [0, 0.05) is 30.3 Å². The summed E-state index contributed by atoms with van der Waals surface area (Å²) in [6.45, 7) is 6.20. The Balaban J connectivity index is 0.925. The van der Waals surface area contributed by atoms with Crippen molar-refractivity contribution in [1.29, 1.82) is 0 Å². The lowest BCUT2D eigenvalue weighted by Gasteiger charge is -2.60. The van der Waals surface area contributed by atoms with E-state index in [-0.39, 0.29) is 41.5 Å². The molecule has 4 saturated heterocycles. The summed E-state index contributed by atoms with van der Waals surface area (Å²) < 4.78 is 36.5. The van der Waals surface area contributed by atoms with E-state index in [1.165, 1.54) is 5.57 Å². The van der Waals surface area contributed by atoms with Crippen LogP contribution in [0.4, 0.5) is 0 Å². The zero-order valence-corrected chi connectivity index (χ0v) is 30.5. The summed E-state index contributed by atoms with van der Waals surface area (Å²) in [6, 6.07) is 0. The Morgan fingerprint density at radius 3 is 2.19 bits per heavy atom. The second-order valence-corrected chi connectivity index (χ2v) is 17.8. The monoisotopic (exact) mass is 740 g/mol. The van der Waals surface area contributed by atoms with Gasteiger partial charge in [0.05, 0.1) is 32.0 Å². The number of hydrogen-bond acceptors (Lipinski definition) is 14. The van der Waals surface area contributed by atoms with Gasteiger partial charge in [-0.05, 0) is 74.5 Å². The highest BCUT2D eigenvalue weighted by molar-refractivity contribution is 5.29. The highest BCUT2D eigenvalue weighted by atomic mass is 16.7. The number of ether oxygens (including phenoxy) is 6. The highest BCUT2D eigenvalue weighted by Crippen LogP contribution is 2.72. The van der Waals surface area contributed by atoms with Crippen molar-refractivity contribution < 1.29 is 69.3 Å². The first-order valence-corrected chi connectivity index (χ1v) is 19.6. The Bertz CT molecular complexity index is 1340. The maximum absolute atomic E-state index is 12.7. The van der Waals surface area contributed by atoms with E-state index >= 15 is 0 Å². The first kappa shape index (κ1) is 38.1. The first-order chi connectivity index (χ1) is 24.7. The molecule has 0 amide bonds. The normalized spacial score (nSPS) is 57.2. The molecule has 20 atom stereocenters. The quantitative estimate of drug-likeness (QED) is 0.163. The van der Waals surface area contributed by atoms with Crippen LogP contribution < -0.4 is 0 Å². The molecule has 8 rings (SSSR count). The molecular weight excluding hydrogens is 680 g/mol. The molecule has 14 heteroatoms. The van der Waals surface area contributed by atoms with E-state index in [1.807, 2.05) is 0 Å². The topological polar surface area (TPSA) is 217 Å². The second kappa shape index (κ2) is 13.7. The Labute approximate surface area is 305 Å².